The molecular weight excluding hydrogens is 243 g/mol. The molecule has 0 saturated carbocycles. The smallest absolute Gasteiger partial charge is 0.189 e. The van der Waals surface area contributed by atoms with Gasteiger partial charge in [-0.1, -0.05) is 0 Å². The van der Waals surface area contributed by atoms with Crippen LogP contribution in [0.15, 0.2) is 20.1 Å². The van der Waals surface area contributed by atoms with Crippen LogP contribution < -0.4 is 0 Å². The topological polar surface area (TPSA) is 34.1 Å². The summed E-state index contributed by atoms with van der Waals surface area (Å²) in [6, 6.07) is 1.22. The number of rotatable bonds is 1. The highest BCUT2D eigenvalue weighted by Crippen LogP contribution is 2.24. The first kappa shape index (κ1) is 8.16. The first-order chi connectivity index (χ1) is 4.50. The quantitative estimate of drug-likeness (QED) is 0.710. The third kappa shape index (κ3) is 1.77. The molecule has 1 heterocycles. The summed E-state index contributed by atoms with van der Waals surface area (Å²) in [5, 5.41) is 1.24. The maximum Gasteiger partial charge on any atom is 0.332 e. The first-order valence-electron chi connectivity index (χ1n) is 2.19. The van der Waals surface area contributed by atoms with E-state index < -0.39 is 10.2 Å². The maximum absolute atomic E-state index is 12.1. The van der Waals surface area contributed by atoms with Crippen LogP contribution in [0.25, 0.3) is 0 Å². The van der Waals surface area contributed by atoms with Gasteiger partial charge in [0, 0.05) is 5.38 Å². The highest BCUT2D eigenvalue weighted by Gasteiger charge is 2.12. The van der Waals surface area contributed by atoms with Crippen LogP contribution in [0.1, 0.15) is 0 Å². The first-order valence-corrected chi connectivity index (χ1v) is 5.24. The summed E-state index contributed by atoms with van der Waals surface area (Å²) in [4.78, 5) is -0.288. The summed E-state index contributed by atoms with van der Waals surface area (Å²) < 4.78 is 33.0. The molecule has 0 spiro atoms. The van der Waals surface area contributed by atoms with E-state index in [0.29, 0.717) is 3.79 Å². The third-order valence-corrected chi connectivity index (χ3v) is 3.28. The van der Waals surface area contributed by atoms with Gasteiger partial charge in [-0.05, 0) is 22.0 Å². The minimum atomic E-state index is -4.50. The molecule has 0 radical (unpaired) electrons. The summed E-state index contributed by atoms with van der Waals surface area (Å²) in [6.45, 7) is 0. The Hall–Kier alpha value is 0.0600. The summed E-state index contributed by atoms with van der Waals surface area (Å²) in [5.41, 5.74) is 0. The van der Waals surface area contributed by atoms with Gasteiger partial charge in [0.15, 0.2) is 0 Å². The van der Waals surface area contributed by atoms with E-state index in [9.17, 15) is 12.3 Å². The van der Waals surface area contributed by atoms with Crippen molar-refractivity contribution in [3.05, 3.63) is 15.2 Å². The Morgan fingerprint density at radius 1 is 1.60 bits per heavy atom. The summed E-state index contributed by atoms with van der Waals surface area (Å²) in [6.07, 6.45) is 0. The highest BCUT2D eigenvalue weighted by atomic mass is 79.9. The monoisotopic (exact) mass is 244 g/mol. The molecular formula is C4H2BrFO2S2. The molecule has 1 aromatic rings. The zero-order chi connectivity index (χ0) is 7.78. The molecule has 0 aliphatic carbocycles. The van der Waals surface area contributed by atoms with Gasteiger partial charge in [-0.15, -0.1) is 15.2 Å². The molecule has 6 heteroatoms. The fourth-order valence-corrected chi connectivity index (χ4v) is 2.53. The zero-order valence-corrected chi connectivity index (χ0v) is 7.76. The van der Waals surface area contributed by atoms with Crippen LogP contribution in [0.4, 0.5) is 3.89 Å². The minimum Gasteiger partial charge on any atom is -0.189 e. The molecule has 0 aliphatic rings. The molecule has 0 amide bonds. The fourth-order valence-electron chi connectivity index (χ4n) is 0.422. The van der Waals surface area contributed by atoms with Crippen molar-refractivity contribution >= 4 is 37.5 Å². The predicted octanol–water partition coefficient (Wildman–Crippen LogP) is 2.17. The van der Waals surface area contributed by atoms with Crippen molar-refractivity contribution in [1.82, 2.24) is 0 Å². The molecule has 0 aliphatic heterocycles. The molecule has 1 rings (SSSR count). The number of thiophene rings is 1. The average Bonchev–Trinajstić information content (AvgIpc) is 2.11. The van der Waals surface area contributed by atoms with Crippen molar-refractivity contribution in [1.29, 1.82) is 0 Å². The van der Waals surface area contributed by atoms with Gasteiger partial charge in [-0.3, -0.25) is 0 Å². The third-order valence-electron chi connectivity index (χ3n) is 0.825. The average molecular weight is 245 g/mol. The van der Waals surface area contributed by atoms with E-state index in [4.69, 9.17) is 0 Å². The van der Waals surface area contributed by atoms with Crippen LogP contribution in [-0.2, 0) is 10.2 Å². The van der Waals surface area contributed by atoms with E-state index >= 15 is 0 Å². The SMILES string of the molecule is O=S(=O)(F)c1csc(Br)c1. The Balaban J connectivity index is 3.21. The Kier molecular flexibility index (Phi) is 2.12. The maximum atomic E-state index is 12.1. The summed E-state index contributed by atoms with van der Waals surface area (Å²) in [5.74, 6) is 0. The van der Waals surface area contributed by atoms with Gasteiger partial charge in [0.05, 0.1) is 3.79 Å². The van der Waals surface area contributed by atoms with E-state index in [0.717, 1.165) is 11.3 Å². The second-order valence-corrected chi connectivity index (χ2v) is 5.16. The molecule has 0 fully saturated rings. The Morgan fingerprint density at radius 2 is 2.20 bits per heavy atom. The molecule has 0 atom stereocenters. The number of hydrogen-bond acceptors (Lipinski definition) is 3. The van der Waals surface area contributed by atoms with E-state index in [1.54, 1.807) is 0 Å². The van der Waals surface area contributed by atoms with E-state index in [-0.39, 0.29) is 4.90 Å². The second-order valence-electron chi connectivity index (χ2n) is 1.52. The normalized spacial score (nSPS) is 11.8. The molecule has 0 N–H and O–H groups in total. The molecule has 0 aromatic carbocycles. The van der Waals surface area contributed by atoms with Gasteiger partial charge in [-0.2, -0.15) is 8.42 Å². The van der Waals surface area contributed by atoms with E-state index in [1.807, 2.05) is 0 Å². The van der Waals surface area contributed by atoms with Crippen LogP contribution >= 0.6 is 27.3 Å². The summed E-state index contributed by atoms with van der Waals surface area (Å²) in [7, 11) is -4.50. The standard InChI is InChI=1S/C4H2BrFO2S2/c5-4-1-3(2-9-4)10(6,7)8/h1-2H. The second kappa shape index (κ2) is 2.60. The molecule has 0 bridgehead atoms. The van der Waals surface area contributed by atoms with Gasteiger partial charge < -0.3 is 0 Å². The van der Waals surface area contributed by atoms with Crippen LogP contribution in [0.2, 0.25) is 0 Å². The zero-order valence-electron chi connectivity index (χ0n) is 4.54. The molecule has 10 heavy (non-hydrogen) atoms. The van der Waals surface area contributed by atoms with Gasteiger partial charge in [-0.25, -0.2) is 0 Å². The van der Waals surface area contributed by atoms with Crippen LogP contribution in [0.3, 0.4) is 0 Å². The largest absolute Gasteiger partial charge is 0.332 e. The van der Waals surface area contributed by atoms with Gasteiger partial charge in [0.1, 0.15) is 4.90 Å². The van der Waals surface area contributed by atoms with E-state index in [1.165, 1.54) is 11.4 Å². The molecule has 56 valence electrons. The van der Waals surface area contributed by atoms with Gasteiger partial charge >= 0.3 is 10.2 Å². The highest BCUT2D eigenvalue weighted by molar-refractivity contribution is 9.11. The van der Waals surface area contributed by atoms with E-state index in [2.05, 4.69) is 15.9 Å². The molecule has 0 unspecified atom stereocenters. The van der Waals surface area contributed by atoms with Crippen molar-refractivity contribution in [3.8, 4) is 0 Å². The fraction of sp³-hybridized carbons (Fsp3) is 0. The van der Waals surface area contributed by atoms with Crippen molar-refractivity contribution in [2.45, 2.75) is 4.90 Å². The lowest BCUT2D eigenvalue weighted by molar-refractivity contribution is 0.552. The van der Waals surface area contributed by atoms with Gasteiger partial charge in [0.2, 0.25) is 0 Å². The Labute approximate surface area is 70.0 Å². The van der Waals surface area contributed by atoms with Crippen molar-refractivity contribution < 1.29 is 12.3 Å². The predicted molar refractivity (Wildman–Crippen MR) is 40.3 cm³/mol. The number of hydrogen-bond donors (Lipinski definition) is 0. The van der Waals surface area contributed by atoms with Gasteiger partial charge in [0.25, 0.3) is 0 Å². The van der Waals surface area contributed by atoms with Crippen molar-refractivity contribution in [2.24, 2.45) is 0 Å². The van der Waals surface area contributed by atoms with Crippen LogP contribution in [0.5, 0.6) is 0 Å². The summed E-state index contributed by atoms with van der Waals surface area (Å²) >= 11 is 4.14. The Morgan fingerprint density at radius 3 is 2.40 bits per heavy atom. The van der Waals surface area contributed by atoms with Crippen molar-refractivity contribution in [3.63, 3.8) is 0 Å². The molecule has 1 aromatic heterocycles. The lowest BCUT2D eigenvalue weighted by atomic mass is 10.7. The molecule has 0 saturated heterocycles. The minimum absolute atomic E-state index is 0.288. The van der Waals surface area contributed by atoms with Crippen molar-refractivity contribution in [2.75, 3.05) is 0 Å². The lowest BCUT2D eigenvalue weighted by Gasteiger charge is -1.82. The van der Waals surface area contributed by atoms with Crippen LogP contribution in [0, 0.1) is 0 Å². The van der Waals surface area contributed by atoms with Crippen LogP contribution in [-0.4, -0.2) is 8.42 Å². The number of halogens is 2. The Bertz CT molecular complexity index is 329. The lowest BCUT2D eigenvalue weighted by Crippen LogP contribution is -1.86. The molecule has 2 nitrogen and oxygen atoms in total.